The Labute approximate surface area is 119 Å². The van der Waals surface area contributed by atoms with E-state index < -0.39 is 10.0 Å². The first kappa shape index (κ1) is 15.3. The van der Waals surface area contributed by atoms with Crippen LogP contribution in [-0.2, 0) is 21.3 Å². The molecule has 0 aromatic carbocycles. The van der Waals surface area contributed by atoms with Crippen molar-refractivity contribution >= 4 is 15.8 Å². The molecule has 0 radical (unpaired) electrons. The number of nitrogen functional groups attached to an aromatic ring is 1. The van der Waals surface area contributed by atoms with Gasteiger partial charge in [-0.15, -0.1) is 0 Å². The number of hydrogen-bond donors (Lipinski definition) is 1. The Morgan fingerprint density at radius 1 is 1.50 bits per heavy atom. The van der Waals surface area contributed by atoms with Gasteiger partial charge in [0.2, 0.25) is 10.0 Å². The molecule has 2 N–H and O–H groups in total. The van der Waals surface area contributed by atoms with Gasteiger partial charge in [0, 0.05) is 39.5 Å². The van der Waals surface area contributed by atoms with Crippen LogP contribution in [0, 0.1) is 5.92 Å². The Morgan fingerprint density at radius 3 is 2.70 bits per heavy atom. The van der Waals surface area contributed by atoms with Crippen LogP contribution in [0.3, 0.4) is 0 Å². The highest BCUT2D eigenvalue weighted by Crippen LogP contribution is 2.23. The van der Waals surface area contributed by atoms with Crippen molar-refractivity contribution in [2.45, 2.75) is 31.2 Å². The molecular formula is C12H22N4O3S. The van der Waals surface area contributed by atoms with E-state index in [4.69, 9.17) is 10.5 Å². The highest BCUT2D eigenvalue weighted by molar-refractivity contribution is 7.89. The quantitative estimate of drug-likeness (QED) is 0.857. The summed E-state index contributed by atoms with van der Waals surface area (Å²) in [4.78, 5) is 0.0916. The lowest BCUT2D eigenvalue weighted by Crippen LogP contribution is -2.34. The Bertz CT molecular complexity index is 549. The lowest BCUT2D eigenvalue weighted by atomic mass is 10.0. The second-order valence-electron chi connectivity index (χ2n) is 5.08. The molecule has 20 heavy (non-hydrogen) atoms. The van der Waals surface area contributed by atoms with Gasteiger partial charge in [-0.05, 0) is 25.7 Å². The monoisotopic (exact) mass is 302 g/mol. The standard InChI is InChI=1S/C12H22N4O3S/c1-3-16-9-11(12(13)14-16)20(17,18)15(2)8-10-4-6-19-7-5-10/h9-10H,3-8H2,1-2H3,(H2,13,14). The SMILES string of the molecule is CCn1cc(S(=O)(=O)N(C)CC2CCOCC2)c(N)n1. The molecule has 0 unspecified atom stereocenters. The molecule has 2 heterocycles. The molecule has 0 bridgehead atoms. The predicted molar refractivity (Wildman–Crippen MR) is 75.7 cm³/mol. The van der Waals surface area contributed by atoms with Crippen LogP contribution >= 0.6 is 0 Å². The van der Waals surface area contributed by atoms with E-state index in [0.29, 0.717) is 32.2 Å². The molecule has 2 rings (SSSR count). The van der Waals surface area contributed by atoms with Crippen LogP contribution in [0.5, 0.6) is 0 Å². The van der Waals surface area contributed by atoms with Gasteiger partial charge in [-0.2, -0.15) is 5.10 Å². The number of aryl methyl sites for hydroxylation is 1. The van der Waals surface area contributed by atoms with Gasteiger partial charge < -0.3 is 10.5 Å². The number of anilines is 1. The summed E-state index contributed by atoms with van der Waals surface area (Å²) in [7, 11) is -1.98. The maximum absolute atomic E-state index is 12.5. The first-order valence-corrected chi connectivity index (χ1v) is 8.26. The summed E-state index contributed by atoms with van der Waals surface area (Å²) < 4.78 is 33.2. The lowest BCUT2D eigenvalue weighted by molar-refractivity contribution is 0.0620. The molecule has 1 aromatic heterocycles. The van der Waals surface area contributed by atoms with Crippen LogP contribution in [0.2, 0.25) is 0 Å². The minimum Gasteiger partial charge on any atom is -0.381 e. The molecule has 0 atom stereocenters. The summed E-state index contributed by atoms with van der Waals surface area (Å²) in [5.74, 6) is 0.400. The van der Waals surface area contributed by atoms with E-state index in [2.05, 4.69) is 5.10 Å². The fraction of sp³-hybridized carbons (Fsp3) is 0.750. The zero-order chi connectivity index (χ0) is 14.8. The fourth-order valence-corrected chi connectivity index (χ4v) is 3.64. The molecule has 0 amide bonds. The Morgan fingerprint density at radius 2 is 2.15 bits per heavy atom. The van der Waals surface area contributed by atoms with E-state index in [1.807, 2.05) is 6.92 Å². The molecule has 1 aliphatic rings. The summed E-state index contributed by atoms with van der Waals surface area (Å²) >= 11 is 0. The number of nitrogens with two attached hydrogens (primary N) is 1. The zero-order valence-electron chi connectivity index (χ0n) is 11.9. The van der Waals surface area contributed by atoms with Crippen molar-refractivity contribution in [2.75, 3.05) is 32.5 Å². The molecule has 0 saturated carbocycles. The minimum absolute atomic E-state index is 0.0608. The molecule has 1 fully saturated rings. The highest BCUT2D eigenvalue weighted by atomic mass is 32.2. The molecule has 7 nitrogen and oxygen atoms in total. The number of hydrogen-bond acceptors (Lipinski definition) is 5. The molecule has 8 heteroatoms. The van der Waals surface area contributed by atoms with Crippen molar-refractivity contribution in [1.29, 1.82) is 0 Å². The van der Waals surface area contributed by atoms with Gasteiger partial charge in [0.25, 0.3) is 0 Å². The maximum atomic E-state index is 12.5. The molecular weight excluding hydrogens is 280 g/mol. The van der Waals surface area contributed by atoms with Gasteiger partial charge in [-0.3, -0.25) is 4.68 Å². The van der Waals surface area contributed by atoms with Crippen molar-refractivity contribution in [1.82, 2.24) is 14.1 Å². The summed E-state index contributed by atoms with van der Waals surface area (Å²) in [6.45, 7) is 4.36. The number of aromatic nitrogens is 2. The minimum atomic E-state index is -3.57. The summed E-state index contributed by atoms with van der Waals surface area (Å²) in [5, 5.41) is 3.99. The van der Waals surface area contributed by atoms with E-state index in [9.17, 15) is 8.42 Å². The molecule has 0 spiro atoms. The van der Waals surface area contributed by atoms with Crippen molar-refractivity contribution in [3.05, 3.63) is 6.20 Å². The second-order valence-corrected chi connectivity index (χ2v) is 7.09. The Hall–Kier alpha value is -1.12. The number of rotatable bonds is 5. The fourth-order valence-electron chi connectivity index (χ4n) is 2.34. The van der Waals surface area contributed by atoms with Crippen LogP contribution in [0.1, 0.15) is 19.8 Å². The van der Waals surface area contributed by atoms with Gasteiger partial charge in [0.1, 0.15) is 4.90 Å². The summed E-state index contributed by atoms with van der Waals surface area (Å²) in [6, 6.07) is 0. The second kappa shape index (κ2) is 6.11. The summed E-state index contributed by atoms with van der Waals surface area (Å²) in [6.07, 6.45) is 3.28. The van der Waals surface area contributed by atoms with E-state index in [0.717, 1.165) is 12.8 Å². The largest absolute Gasteiger partial charge is 0.381 e. The molecule has 0 aliphatic carbocycles. The van der Waals surface area contributed by atoms with Gasteiger partial charge in [-0.1, -0.05) is 0 Å². The third kappa shape index (κ3) is 3.13. The van der Waals surface area contributed by atoms with Gasteiger partial charge in [-0.25, -0.2) is 12.7 Å². The molecule has 1 aliphatic heterocycles. The topological polar surface area (TPSA) is 90.5 Å². The van der Waals surface area contributed by atoms with E-state index in [1.165, 1.54) is 15.2 Å². The van der Waals surface area contributed by atoms with Crippen molar-refractivity contribution in [2.24, 2.45) is 5.92 Å². The van der Waals surface area contributed by atoms with E-state index >= 15 is 0 Å². The van der Waals surface area contributed by atoms with Crippen LogP contribution < -0.4 is 5.73 Å². The van der Waals surface area contributed by atoms with Crippen LogP contribution in [-0.4, -0.2) is 49.3 Å². The average molecular weight is 302 g/mol. The number of nitrogens with zero attached hydrogens (tertiary/aromatic N) is 3. The lowest BCUT2D eigenvalue weighted by Gasteiger charge is -2.26. The first-order valence-electron chi connectivity index (χ1n) is 6.82. The third-order valence-corrected chi connectivity index (χ3v) is 5.46. The van der Waals surface area contributed by atoms with Crippen molar-refractivity contribution in [3.63, 3.8) is 0 Å². The number of sulfonamides is 1. The van der Waals surface area contributed by atoms with E-state index in [1.54, 1.807) is 7.05 Å². The van der Waals surface area contributed by atoms with Gasteiger partial charge in [0.05, 0.1) is 0 Å². The van der Waals surface area contributed by atoms with Crippen LogP contribution in [0.15, 0.2) is 11.1 Å². The van der Waals surface area contributed by atoms with Crippen LogP contribution in [0.4, 0.5) is 5.82 Å². The predicted octanol–water partition coefficient (Wildman–Crippen LogP) is 0.532. The Kier molecular flexibility index (Phi) is 4.66. The zero-order valence-corrected chi connectivity index (χ0v) is 12.8. The molecule has 114 valence electrons. The first-order chi connectivity index (χ1) is 9.45. The normalized spacial score (nSPS) is 17.8. The summed E-state index contributed by atoms with van der Waals surface area (Å²) in [5.41, 5.74) is 5.72. The molecule has 1 saturated heterocycles. The van der Waals surface area contributed by atoms with Gasteiger partial charge in [0.15, 0.2) is 5.82 Å². The van der Waals surface area contributed by atoms with Crippen LogP contribution in [0.25, 0.3) is 0 Å². The third-order valence-electron chi connectivity index (χ3n) is 3.62. The maximum Gasteiger partial charge on any atom is 0.248 e. The highest BCUT2D eigenvalue weighted by Gasteiger charge is 2.28. The molecule has 1 aromatic rings. The average Bonchev–Trinajstić information content (AvgIpc) is 2.82. The van der Waals surface area contributed by atoms with Crippen molar-refractivity contribution < 1.29 is 13.2 Å². The van der Waals surface area contributed by atoms with E-state index in [-0.39, 0.29) is 10.7 Å². The van der Waals surface area contributed by atoms with Gasteiger partial charge >= 0.3 is 0 Å². The Balaban J connectivity index is 2.13. The van der Waals surface area contributed by atoms with Crippen molar-refractivity contribution in [3.8, 4) is 0 Å². The smallest absolute Gasteiger partial charge is 0.248 e. The number of ether oxygens (including phenoxy) is 1.